The molecule has 0 aliphatic heterocycles. The van der Waals surface area contributed by atoms with Crippen molar-refractivity contribution in [3.05, 3.63) is 35.9 Å². The van der Waals surface area contributed by atoms with Gasteiger partial charge in [0.2, 0.25) is 0 Å². The molecule has 1 N–H and O–H groups in total. The molecule has 0 aliphatic carbocycles. The molecule has 1 aromatic carbocycles. The lowest BCUT2D eigenvalue weighted by Gasteiger charge is -2.04. The standard InChI is InChI=1S/C13H19N3O/c1-16(2)15-11-7-6-10-14-13(17)12-8-4-3-5-9-12/h3-5,8-9,11H,6-7,10H2,1-2H3,(H,14,17)/b15-11+. The van der Waals surface area contributed by atoms with Gasteiger partial charge in [-0.1, -0.05) is 18.2 Å². The van der Waals surface area contributed by atoms with Crippen LogP contribution in [0.5, 0.6) is 0 Å². The number of unbranched alkanes of at least 4 members (excludes halogenated alkanes) is 1. The fourth-order valence-corrected chi connectivity index (χ4v) is 1.31. The van der Waals surface area contributed by atoms with E-state index in [4.69, 9.17) is 0 Å². The van der Waals surface area contributed by atoms with Crippen LogP contribution in [0.4, 0.5) is 0 Å². The number of amides is 1. The van der Waals surface area contributed by atoms with E-state index in [2.05, 4.69) is 10.4 Å². The average Bonchev–Trinajstić information content (AvgIpc) is 2.34. The van der Waals surface area contributed by atoms with Crippen molar-refractivity contribution in [3.8, 4) is 0 Å². The Bertz CT molecular complexity index is 360. The quantitative estimate of drug-likeness (QED) is 0.462. The first kappa shape index (κ1) is 13.2. The highest BCUT2D eigenvalue weighted by Gasteiger charge is 2.01. The zero-order chi connectivity index (χ0) is 12.5. The minimum Gasteiger partial charge on any atom is -0.352 e. The second kappa shape index (κ2) is 7.44. The molecule has 0 unspecified atom stereocenters. The van der Waals surface area contributed by atoms with E-state index in [9.17, 15) is 4.79 Å². The van der Waals surface area contributed by atoms with Crippen LogP contribution in [-0.4, -0.2) is 37.8 Å². The van der Waals surface area contributed by atoms with Crippen LogP contribution < -0.4 is 5.32 Å². The molecule has 0 bridgehead atoms. The number of nitrogens with zero attached hydrogens (tertiary/aromatic N) is 2. The summed E-state index contributed by atoms with van der Waals surface area (Å²) in [4.78, 5) is 11.6. The summed E-state index contributed by atoms with van der Waals surface area (Å²) in [6.45, 7) is 0.674. The van der Waals surface area contributed by atoms with Crippen LogP contribution >= 0.6 is 0 Å². The van der Waals surface area contributed by atoms with E-state index in [0.717, 1.165) is 12.8 Å². The van der Waals surface area contributed by atoms with Gasteiger partial charge < -0.3 is 10.3 Å². The minimum atomic E-state index is -0.0184. The number of benzene rings is 1. The Morgan fingerprint density at radius 2 is 2.06 bits per heavy atom. The largest absolute Gasteiger partial charge is 0.352 e. The van der Waals surface area contributed by atoms with Crippen LogP contribution in [0.2, 0.25) is 0 Å². The van der Waals surface area contributed by atoms with E-state index in [-0.39, 0.29) is 5.91 Å². The Hall–Kier alpha value is -1.84. The van der Waals surface area contributed by atoms with Crippen molar-refractivity contribution in [2.75, 3.05) is 20.6 Å². The van der Waals surface area contributed by atoms with Crippen LogP contribution in [0.3, 0.4) is 0 Å². The topological polar surface area (TPSA) is 44.7 Å². The molecular formula is C13H19N3O. The van der Waals surface area contributed by atoms with Crippen LogP contribution in [0.1, 0.15) is 23.2 Å². The molecule has 92 valence electrons. The predicted molar refractivity (Wildman–Crippen MR) is 70.2 cm³/mol. The molecule has 1 aromatic rings. The van der Waals surface area contributed by atoms with Crippen molar-refractivity contribution in [2.24, 2.45) is 5.10 Å². The lowest BCUT2D eigenvalue weighted by molar-refractivity contribution is 0.0953. The molecule has 0 fully saturated rings. The van der Waals surface area contributed by atoms with Crippen LogP contribution in [-0.2, 0) is 0 Å². The monoisotopic (exact) mass is 233 g/mol. The molecule has 4 heteroatoms. The first-order valence-corrected chi connectivity index (χ1v) is 5.73. The SMILES string of the molecule is CN(C)/N=C/CCCNC(=O)c1ccccc1. The zero-order valence-electron chi connectivity index (χ0n) is 10.4. The van der Waals surface area contributed by atoms with Crippen molar-refractivity contribution in [2.45, 2.75) is 12.8 Å². The van der Waals surface area contributed by atoms with Crippen LogP contribution in [0.15, 0.2) is 35.4 Å². The molecule has 1 amide bonds. The van der Waals surface area contributed by atoms with Crippen LogP contribution in [0, 0.1) is 0 Å². The molecule has 0 aliphatic rings. The van der Waals surface area contributed by atoms with Crippen molar-refractivity contribution in [1.82, 2.24) is 10.3 Å². The number of rotatable bonds is 6. The summed E-state index contributed by atoms with van der Waals surface area (Å²) in [5, 5.41) is 8.72. The summed E-state index contributed by atoms with van der Waals surface area (Å²) in [6.07, 6.45) is 3.62. The van der Waals surface area contributed by atoms with Crippen LogP contribution in [0.25, 0.3) is 0 Å². The molecule has 17 heavy (non-hydrogen) atoms. The second-order valence-electron chi connectivity index (χ2n) is 3.91. The van der Waals surface area contributed by atoms with Gasteiger partial charge in [-0.15, -0.1) is 0 Å². The zero-order valence-corrected chi connectivity index (χ0v) is 10.4. The lowest BCUT2D eigenvalue weighted by atomic mass is 10.2. The van der Waals surface area contributed by atoms with Gasteiger partial charge >= 0.3 is 0 Å². The van der Waals surface area contributed by atoms with E-state index in [1.54, 1.807) is 5.01 Å². The fourth-order valence-electron chi connectivity index (χ4n) is 1.31. The Kier molecular flexibility index (Phi) is 5.79. The molecule has 0 saturated heterocycles. The third-order valence-corrected chi connectivity index (χ3v) is 2.14. The summed E-state index contributed by atoms with van der Waals surface area (Å²) < 4.78 is 0. The summed E-state index contributed by atoms with van der Waals surface area (Å²) in [5.74, 6) is -0.0184. The van der Waals surface area contributed by atoms with Gasteiger partial charge in [0.25, 0.3) is 5.91 Å². The maximum Gasteiger partial charge on any atom is 0.251 e. The third kappa shape index (κ3) is 5.70. The maximum absolute atomic E-state index is 11.6. The summed E-state index contributed by atoms with van der Waals surface area (Å²) in [7, 11) is 3.77. The molecule has 0 saturated carbocycles. The Labute approximate surface area is 102 Å². The van der Waals surface area contributed by atoms with Gasteiger partial charge in [-0.2, -0.15) is 5.10 Å². The van der Waals surface area contributed by atoms with Gasteiger partial charge in [-0.3, -0.25) is 4.79 Å². The smallest absolute Gasteiger partial charge is 0.251 e. The second-order valence-corrected chi connectivity index (χ2v) is 3.91. The molecule has 0 spiro atoms. The van der Waals surface area contributed by atoms with Gasteiger partial charge in [0.15, 0.2) is 0 Å². The Morgan fingerprint density at radius 3 is 2.71 bits per heavy atom. The normalized spacial score (nSPS) is 10.5. The minimum absolute atomic E-state index is 0.0184. The number of carbonyl (C=O) groups is 1. The number of hydrogen-bond donors (Lipinski definition) is 1. The molecule has 0 radical (unpaired) electrons. The first-order valence-electron chi connectivity index (χ1n) is 5.73. The van der Waals surface area contributed by atoms with Crippen molar-refractivity contribution < 1.29 is 4.79 Å². The molecule has 0 heterocycles. The van der Waals surface area contributed by atoms with Gasteiger partial charge in [-0.05, 0) is 25.0 Å². The van der Waals surface area contributed by atoms with E-state index in [1.165, 1.54) is 0 Å². The highest BCUT2D eigenvalue weighted by atomic mass is 16.1. The van der Waals surface area contributed by atoms with Gasteiger partial charge in [0.1, 0.15) is 0 Å². The molecule has 1 rings (SSSR count). The lowest BCUT2D eigenvalue weighted by Crippen LogP contribution is -2.24. The summed E-state index contributed by atoms with van der Waals surface area (Å²) >= 11 is 0. The number of nitrogens with one attached hydrogen (secondary N) is 1. The van der Waals surface area contributed by atoms with Gasteiger partial charge in [0, 0.05) is 32.4 Å². The van der Waals surface area contributed by atoms with E-state index in [1.807, 2.05) is 50.6 Å². The molecular weight excluding hydrogens is 214 g/mol. The summed E-state index contributed by atoms with van der Waals surface area (Å²) in [6, 6.07) is 9.23. The molecule has 0 atom stereocenters. The van der Waals surface area contributed by atoms with E-state index >= 15 is 0 Å². The highest BCUT2D eigenvalue weighted by Crippen LogP contribution is 1.97. The summed E-state index contributed by atoms with van der Waals surface area (Å²) in [5.41, 5.74) is 0.703. The van der Waals surface area contributed by atoms with E-state index in [0.29, 0.717) is 12.1 Å². The highest BCUT2D eigenvalue weighted by molar-refractivity contribution is 5.94. The Balaban J connectivity index is 2.17. The van der Waals surface area contributed by atoms with Crippen molar-refractivity contribution in [1.29, 1.82) is 0 Å². The fraction of sp³-hybridized carbons (Fsp3) is 0.385. The molecule has 4 nitrogen and oxygen atoms in total. The molecule has 0 aromatic heterocycles. The van der Waals surface area contributed by atoms with Crippen molar-refractivity contribution >= 4 is 12.1 Å². The first-order chi connectivity index (χ1) is 8.20. The number of hydrogen-bond acceptors (Lipinski definition) is 3. The number of hydrazone groups is 1. The van der Waals surface area contributed by atoms with E-state index < -0.39 is 0 Å². The average molecular weight is 233 g/mol. The van der Waals surface area contributed by atoms with Gasteiger partial charge in [-0.25, -0.2) is 0 Å². The number of carbonyl (C=O) groups excluding carboxylic acids is 1. The van der Waals surface area contributed by atoms with Crippen molar-refractivity contribution in [3.63, 3.8) is 0 Å². The Morgan fingerprint density at radius 1 is 1.35 bits per heavy atom. The van der Waals surface area contributed by atoms with Gasteiger partial charge in [0.05, 0.1) is 0 Å². The predicted octanol–water partition coefficient (Wildman–Crippen LogP) is 1.74. The maximum atomic E-state index is 11.6. The third-order valence-electron chi connectivity index (χ3n) is 2.14.